The van der Waals surface area contributed by atoms with Crippen molar-refractivity contribution in [2.75, 3.05) is 11.6 Å². The van der Waals surface area contributed by atoms with Crippen molar-refractivity contribution in [2.45, 2.75) is 17.9 Å². The number of carbonyl (C=O) groups is 1. The van der Waals surface area contributed by atoms with Crippen LogP contribution in [0.15, 0.2) is 65.8 Å². The summed E-state index contributed by atoms with van der Waals surface area (Å²) in [5, 5.41) is 1.76. The van der Waals surface area contributed by atoms with Crippen molar-refractivity contribution in [1.29, 1.82) is 0 Å². The molecular weight excluding hydrogens is 503 g/mol. The molecule has 0 aliphatic carbocycles. The molecule has 0 aliphatic rings. The Hall–Kier alpha value is -3.64. The second-order valence-electron chi connectivity index (χ2n) is 7.64. The van der Waals surface area contributed by atoms with Crippen LogP contribution < -0.4 is 10.1 Å². The summed E-state index contributed by atoms with van der Waals surface area (Å²) in [6, 6.07) is 11.4. The molecule has 0 unspecified atom stereocenters. The van der Waals surface area contributed by atoms with Gasteiger partial charge in [-0.15, -0.1) is 0 Å². The first-order valence-corrected chi connectivity index (χ1v) is 12.8. The molecule has 0 atom stereocenters. The van der Waals surface area contributed by atoms with E-state index in [-0.39, 0.29) is 22.5 Å². The number of ether oxygens (including phenoxy) is 1. The highest BCUT2D eigenvalue weighted by atomic mass is 32.2. The Morgan fingerprint density at radius 1 is 1.03 bits per heavy atom. The van der Waals surface area contributed by atoms with Crippen LogP contribution in [0, 0.1) is 16.8 Å². The van der Waals surface area contributed by atoms with Crippen LogP contribution in [-0.2, 0) is 22.8 Å². The van der Waals surface area contributed by atoms with Crippen LogP contribution in [0.25, 0.3) is 0 Å². The van der Waals surface area contributed by atoms with Gasteiger partial charge in [0.25, 0.3) is 0 Å². The van der Waals surface area contributed by atoms with Gasteiger partial charge in [0.2, 0.25) is 5.88 Å². The number of halogens is 3. The smallest absolute Gasteiger partial charge is 0.393 e. The van der Waals surface area contributed by atoms with Crippen LogP contribution in [0.2, 0.25) is 0 Å². The third-order valence-electron chi connectivity index (χ3n) is 4.89. The Balaban J connectivity index is 1.58. The molecule has 35 heavy (non-hydrogen) atoms. The summed E-state index contributed by atoms with van der Waals surface area (Å²) >= 11 is 0.630. The first-order chi connectivity index (χ1) is 16.6. The van der Waals surface area contributed by atoms with E-state index in [2.05, 4.69) is 10.3 Å². The zero-order valence-corrected chi connectivity index (χ0v) is 19.8. The number of hydrogen-bond donors (Lipinski definition) is 1. The van der Waals surface area contributed by atoms with Crippen LogP contribution in [-0.4, -0.2) is 30.3 Å². The molecule has 1 amide bonds. The zero-order valence-electron chi connectivity index (χ0n) is 18.2. The van der Waals surface area contributed by atoms with Gasteiger partial charge in [-0.25, -0.2) is 27.0 Å². The molecule has 2 aromatic carbocycles. The highest BCUT2D eigenvalue weighted by Gasteiger charge is 2.15. The van der Waals surface area contributed by atoms with Crippen LogP contribution in [0.4, 0.5) is 23.1 Å². The minimum atomic E-state index is -3.33. The van der Waals surface area contributed by atoms with E-state index >= 15 is 0 Å². The number of hydrogen-bond acceptors (Lipinski definition) is 6. The van der Waals surface area contributed by atoms with E-state index < -0.39 is 32.7 Å². The molecule has 2 heterocycles. The number of benzene rings is 2. The van der Waals surface area contributed by atoms with E-state index in [1.807, 2.05) is 0 Å². The Morgan fingerprint density at radius 3 is 2.37 bits per heavy atom. The molecule has 0 fully saturated rings. The molecule has 4 rings (SSSR count). The van der Waals surface area contributed by atoms with Crippen molar-refractivity contribution in [1.82, 2.24) is 9.55 Å². The second-order valence-corrected chi connectivity index (χ2v) is 10.6. The van der Waals surface area contributed by atoms with Gasteiger partial charge in [0.05, 0.1) is 17.6 Å². The van der Waals surface area contributed by atoms with Gasteiger partial charge in [-0.1, -0.05) is 29.5 Å². The largest absolute Gasteiger partial charge is 0.420 e. The molecule has 0 saturated carbocycles. The van der Waals surface area contributed by atoms with Crippen molar-refractivity contribution in [3.8, 4) is 5.88 Å². The van der Waals surface area contributed by atoms with Crippen LogP contribution in [0.1, 0.15) is 16.7 Å². The Kier molecular flexibility index (Phi) is 6.94. The fraction of sp³-hybridized carbons (Fsp3) is 0.130. The molecule has 0 radical (unpaired) electrons. The van der Waals surface area contributed by atoms with Crippen LogP contribution in [0.5, 0.6) is 5.88 Å². The van der Waals surface area contributed by atoms with E-state index in [9.17, 15) is 26.4 Å². The van der Waals surface area contributed by atoms with Gasteiger partial charge in [0.15, 0.2) is 31.7 Å². The van der Waals surface area contributed by atoms with E-state index in [0.717, 1.165) is 30.1 Å². The van der Waals surface area contributed by atoms with Gasteiger partial charge in [0, 0.05) is 18.5 Å². The summed E-state index contributed by atoms with van der Waals surface area (Å²) in [6.07, 6.45) is 3.23. The maximum Gasteiger partial charge on any atom is 0.420 e. The molecule has 1 N–H and O–H groups in total. The third kappa shape index (κ3) is 6.28. The second kappa shape index (κ2) is 9.92. The van der Waals surface area contributed by atoms with Gasteiger partial charge < -0.3 is 9.30 Å². The molecule has 2 aromatic heterocycles. The molecule has 7 nitrogen and oxygen atoms in total. The molecule has 0 bridgehead atoms. The van der Waals surface area contributed by atoms with Crippen molar-refractivity contribution < 1.29 is 31.1 Å². The van der Waals surface area contributed by atoms with E-state index in [0.29, 0.717) is 28.9 Å². The van der Waals surface area contributed by atoms with Gasteiger partial charge >= 0.3 is 6.09 Å². The monoisotopic (exact) mass is 521 g/mol. The number of aromatic nitrogens is 2. The quantitative estimate of drug-likeness (QED) is 0.369. The normalized spacial score (nSPS) is 11.4. The molecule has 182 valence electrons. The number of nitrogens with one attached hydrogen (secondary N) is 1. The predicted octanol–water partition coefficient (Wildman–Crippen LogP) is 5.02. The lowest BCUT2D eigenvalue weighted by molar-refractivity contribution is 0.211. The fourth-order valence-electron chi connectivity index (χ4n) is 3.30. The number of sulfone groups is 1. The van der Waals surface area contributed by atoms with Gasteiger partial charge in [-0.05, 0) is 47.4 Å². The van der Waals surface area contributed by atoms with Gasteiger partial charge in [-0.2, -0.15) is 4.39 Å². The molecule has 0 aliphatic heterocycles. The molecule has 0 spiro atoms. The van der Waals surface area contributed by atoms with Crippen molar-refractivity contribution in [3.63, 3.8) is 0 Å². The zero-order chi connectivity index (χ0) is 25.2. The number of anilines is 1. The minimum absolute atomic E-state index is 0.0115. The summed E-state index contributed by atoms with van der Waals surface area (Å²) in [5.74, 6) is -1.88. The number of nitrogens with zero attached hydrogens (tertiary/aromatic N) is 2. The van der Waals surface area contributed by atoms with Crippen molar-refractivity contribution in [2.24, 2.45) is 0 Å². The first-order valence-electron chi connectivity index (χ1n) is 10.1. The SMILES string of the molecule is CS(=O)(=O)c1ccc(Cc2cc(OC(=O)Nc3ncc(F)s3)n(Cc3ccc(F)c(F)c3)c2)cc1. The van der Waals surface area contributed by atoms with E-state index in [4.69, 9.17) is 4.74 Å². The first kappa shape index (κ1) is 24.5. The summed E-state index contributed by atoms with van der Waals surface area (Å²) in [4.78, 5) is 16.2. The summed E-state index contributed by atoms with van der Waals surface area (Å²) in [5.41, 5.74) is 1.94. The number of thiazole rings is 1. The molecule has 12 heteroatoms. The number of rotatable bonds is 7. The highest BCUT2D eigenvalue weighted by molar-refractivity contribution is 7.90. The lowest BCUT2D eigenvalue weighted by Crippen LogP contribution is -2.18. The predicted molar refractivity (Wildman–Crippen MR) is 124 cm³/mol. The van der Waals surface area contributed by atoms with Gasteiger partial charge in [0.1, 0.15) is 0 Å². The van der Waals surface area contributed by atoms with E-state index in [1.54, 1.807) is 24.4 Å². The number of carbonyl (C=O) groups excluding carboxylic acids is 1. The topological polar surface area (TPSA) is 90.3 Å². The lowest BCUT2D eigenvalue weighted by Gasteiger charge is -2.10. The lowest BCUT2D eigenvalue weighted by atomic mass is 10.1. The van der Waals surface area contributed by atoms with Crippen molar-refractivity contribution in [3.05, 3.63) is 94.4 Å². The summed E-state index contributed by atoms with van der Waals surface area (Å²) in [7, 11) is -3.33. The maximum absolute atomic E-state index is 13.7. The summed E-state index contributed by atoms with van der Waals surface area (Å²) < 4.78 is 70.4. The molecule has 0 saturated heterocycles. The summed E-state index contributed by atoms with van der Waals surface area (Å²) in [6.45, 7) is 0.0682. The van der Waals surface area contributed by atoms with Gasteiger partial charge in [-0.3, -0.25) is 5.32 Å². The molecule has 4 aromatic rings. The Bertz CT molecular complexity index is 1480. The van der Waals surface area contributed by atoms with E-state index in [1.165, 1.54) is 22.8 Å². The average molecular weight is 522 g/mol. The standard InChI is InChI=1S/C23H18F3N3O4S2/c1-35(31,32)17-5-2-14(3-6-17)8-16-10-21(33-23(30)28-22-27-11-20(26)34-22)29(13-16)12-15-4-7-18(24)19(25)9-15/h2-7,9-11,13H,8,12H2,1H3,(H,27,28,30). The third-order valence-corrected chi connectivity index (χ3v) is 6.72. The van der Waals surface area contributed by atoms with Crippen LogP contribution >= 0.6 is 11.3 Å². The number of amides is 1. The highest BCUT2D eigenvalue weighted by Crippen LogP contribution is 2.24. The fourth-order valence-corrected chi connectivity index (χ4v) is 4.46. The average Bonchev–Trinajstić information content (AvgIpc) is 3.35. The Labute approximate surface area is 202 Å². The Morgan fingerprint density at radius 2 is 1.74 bits per heavy atom. The maximum atomic E-state index is 13.7. The molecular formula is C23H18F3N3O4S2. The van der Waals surface area contributed by atoms with Crippen LogP contribution in [0.3, 0.4) is 0 Å². The minimum Gasteiger partial charge on any atom is -0.393 e. The van der Waals surface area contributed by atoms with Crippen molar-refractivity contribution >= 4 is 32.4 Å².